The Hall–Kier alpha value is -1.29. The number of nitrogens with one attached hydrogen (secondary N) is 1. The number of anilines is 1. The van der Waals surface area contributed by atoms with E-state index in [1.54, 1.807) is 6.20 Å². The summed E-state index contributed by atoms with van der Waals surface area (Å²) in [6.45, 7) is 5.00. The highest BCUT2D eigenvalue weighted by Crippen LogP contribution is 2.22. The predicted molar refractivity (Wildman–Crippen MR) is 70.2 cm³/mol. The maximum atomic E-state index is 4.27. The molecule has 2 rings (SSSR count). The molecule has 0 aliphatic carbocycles. The highest BCUT2D eigenvalue weighted by molar-refractivity contribution is 9.10. The van der Waals surface area contributed by atoms with E-state index in [2.05, 4.69) is 58.3 Å². The van der Waals surface area contributed by atoms with Crippen molar-refractivity contribution in [3.8, 4) is 5.69 Å². The Labute approximate surface area is 104 Å². The van der Waals surface area contributed by atoms with Gasteiger partial charge in [-0.3, -0.25) is 4.57 Å². The Morgan fingerprint density at radius 3 is 2.94 bits per heavy atom. The van der Waals surface area contributed by atoms with Crippen molar-refractivity contribution >= 4 is 21.9 Å². The normalized spacial score (nSPS) is 10.4. The third kappa shape index (κ3) is 2.11. The van der Waals surface area contributed by atoms with Crippen LogP contribution in [0.1, 0.15) is 12.5 Å². The van der Waals surface area contributed by atoms with Crippen molar-refractivity contribution in [1.82, 2.24) is 9.55 Å². The van der Waals surface area contributed by atoms with Gasteiger partial charge in [0.2, 0.25) is 5.95 Å². The molecule has 4 heteroatoms. The average molecular weight is 280 g/mol. The van der Waals surface area contributed by atoms with Crippen LogP contribution in [0.5, 0.6) is 0 Å². The van der Waals surface area contributed by atoms with E-state index < -0.39 is 0 Å². The van der Waals surface area contributed by atoms with Gasteiger partial charge in [-0.15, -0.1) is 0 Å². The summed E-state index contributed by atoms with van der Waals surface area (Å²) in [5.41, 5.74) is 2.33. The first-order chi connectivity index (χ1) is 7.72. The molecule has 0 bridgehead atoms. The molecule has 0 saturated carbocycles. The van der Waals surface area contributed by atoms with Crippen LogP contribution in [0.4, 0.5) is 5.95 Å². The highest BCUT2D eigenvalue weighted by atomic mass is 79.9. The van der Waals surface area contributed by atoms with Gasteiger partial charge < -0.3 is 5.32 Å². The smallest absolute Gasteiger partial charge is 0.207 e. The van der Waals surface area contributed by atoms with Gasteiger partial charge in [-0.25, -0.2) is 4.98 Å². The summed E-state index contributed by atoms with van der Waals surface area (Å²) in [6, 6.07) is 6.27. The van der Waals surface area contributed by atoms with Crippen molar-refractivity contribution in [3.05, 3.63) is 40.6 Å². The Morgan fingerprint density at radius 1 is 1.44 bits per heavy atom. The molecule has 84 valence electrons. The molecule has 3 nitrogen and oxygen atoms in total. The van der Waals surface area contributed by atoms with Crippen molar-refractivity contribution in [1.29, 1.82) is 0 Å². The number of rotatable bonds is 3. The molecule has 0 atom stereocenters. The third-order valence-corrected chi connectivity index (χ3v) is 3.26. The number of aryl methyl sites for hydroxylation is 1. The minimum Gasteiger partial charge on any atom is -0.356 e. The molecule has 0 aliphatic rings. The van der Waals surface area contributed by atoms with Crippen LogP contribution in [0.25, 0.3) is 5.69 Å². The summed E-state index contributed by atoms with van der Waals surface area (Å²) >= 11 is 3.54. The van der Waals surface area contributed by atoms with Crippen LogP contribution < -0.4 is 5.32 Å². The standard InChI is InChI=1S/C12H14BrN3/c1-3-14-12-15-6-7-16(12)10-5-4-9(2)11(13)8-10/h4-8H,3H2,1-2H3,(H,14,15). The molecule has 0 amide bonds. The van der Waals surface area contributed by atoms with E-state index in [-0.39, 0.29) is 0 Å². The van der Waals surface area contributed by atoms with Gasteiger partial charge in [-0.05, 0) is 31.5 Å². The minimum atomic E-state index is 0.865. The molecule has 0 unspecified atom stereocenters. The summed E-state index contributed by atoms with van der Waals surface area (Å²) in [4.78, 5) is 4.27. The molecule has 1 heterocycles. The zero-order valence-electron chi connectivity index (χ0n) is 9.37. The SMILES string of the molecule is CCNc1nccn1-c1ccc(C)c(Br)c1. The number of aromatic nitrogens is 2. The zero-order valence-corrected chi connectivity index (χ0v) is 11.0. The largest absolute Gasteiger partial charge is 0.356 e. The first-order valence-corrected chi connectivity index (χ1v) is 6.05. The fourth-order valence-electron chi connectivity index (χ4n) is 1.53. The van der Waals surface area contributed by atoms with Crippen LogP contribution in [0.3, 0.4) is 0 Å². The number of halogens is 1. The summed E-state index contributed by atoms with van der Waals surface area (Å²) in [5, 5.41) is 3.23. The Morgan fingerprint density at radius 2 is 2.25 bits per heavy atom. The lowest BCUT2D eigenvalue weighted by Crippen LogP contribution is -2.04. The molecule has 0 aliphatic heterocycles. The first-order valence-electron chi connectivity index (χ1n) is 5.26. The van der Waals surface area contributed by atoms with Gasteiger partial charge in [0.25, 0.3) is 0 Å². The fourth-order valence-corrected chi connectivity index (χ4v) is 1.90. The molecule has 16 heavy (non-hydrogen) atoms. The van der Waals surface area contributed by atoms with Gasteiger partial charge in [-0.1, -0.05) is 22.0 Å². The minimum absolute atomic E-state index is 0.865. The van der Waals surface area contributed by atoms with E-state index in [4.69, 9.17) is 0 Å². The first kappa shape index (κ1) is 11.2. The number of imidazole rings is 1. The Bertz CT molecular complexity index is 491. The highest BCUT2D eigenvalue weighted by Gasteiger charge is 2.04. The zero-order chi connectivity index (χ0) is 11.5. The molecule has 0 saturated heterocycles. The molecule has 0 fully saturated rings. The van der Waals surface area contributed by atoms with Gasteiger partial charge >= 0.3 is 0 Å². The van der Waals surface area contributed by atoms with Gasteiger partial charge in [0.05, 0.1) is 0 Å². The lowest BCUT2D eigenvalue weighted by molar-refractivity contribution is 1.02. The maximum absolute atomic E-state index is 4.27. The van der Waals surface area contributed by atoms with Crippen molar-refractivity contribution < 1.29 is 0 Å². The molecular weight excluding hydrogens is 266 g/mol. The molecule has 0 spiro atoms. The fraction of sp³-hybridized carbons (Fsp3) is 0.250. The van der Waals surface area contributed by atoms with Gasteiger partial charge in [-0.2, -0.15) is 0 Å². The third-order valence-electron chi connectivity index (χ3n) is 2.41. The molecule has 0 radical (unpaired) electrons. The number of nitrogens with zero attached hydrogens (tertiary/aromatic N) is 2. The van der Waals surface area contributed by atoms with Crippen LogP contribution in [-0.2, 0) is 0 Å². The van der Waals surface area contributed by atoms with Gasteiger partial charge in [0.15, 0.2) is 0 Å². The van der Waals surface area contributed by atoms with Crippen LogP contribution in [0.2, 0.25) is 0 Å². The van der Waals surface area contributed by atoms with E-state index in [0.717, 1.165) is 22.7 Å². The van der Waals surface area contributed by atoms with Crippen molar-refractivity contribution in [2.45, 2.75) is 13.8 Å². The van der Waals surface area contributed by atoms with Crippen molar-refractivity contribution in [2.24, 2.45) is 0 Å². The summed E-state index contributed by atoms with van der Waals surface area (Å²) in [5.74, 6) is 0.873. The monoisotopic (exact) mass is 279 g/mol. The Balaban J connectivity index is 2.42. The second-order valence-electron chi connectivity index (χ2n) is 3.58. The average Bonchev–Trinajstić information content (AvgIpc) is 2.71. The molecule has 1 N–H and O–H groups in total. The van der Waals surface area contributed by atoms with E-state index in [0.29, 0.717) is 0 Å². The van der Waals surface area contributed by atoms with Gasteiger partial charge in [0, 0.05) is 29.1 Å². The van der Waals surface area contributed by atoms with E-state index in [1.165, 1.54) is 5.56 Å². The Kier molecular flexibility index (Phi) is 3.29. The number of hydrogen-bond donors (Lipinski definition) is 1. The lowest BCUT2D eigenvalue weighted by Gasteiger charge is -2.09. The van der Waals surface area contributed by atoms with Crippen molar-refractivity contribution in [2.75, 3.05) is 11.9 Å². The topological polar surface area (TPSA) is 29.9 Å². The summed E-state index contributed by atoms with van der Waals surface area (Å²) < 4.78 is 3.15. The molecule has 2 aromatic rings. The maximum Gasteiger partial charge on any atom is 0.207 e. The van der Waals surface area contributed by atoms with E-state index >= 15 is 0 Å². The van der Waals surface area contributed by atoms with Crippen LogP contribution in [0.15, 0.2) is 35.1 Å². The van der Waals surface area contributed by atoms with E-state index in [9.17, 15) is 0 Å². The van der Waals surface area contributed by atoms with Crippen LogP contribution >= 0.6 is 15.9 Å². The van der Waals surface area contributed by atoms with Crippen molar-refractivity contribution in [3.63, 3.8) is 0 Å². The second-order valence-corrected chi connectivity index (χ2v) is 4.44. The number of hydrogen-bond acceptors (Lipinski definition) is 2. The molecule has 1 aromatic carbocycles. The van der Waals surface area contributed by atoms with E-state index in [1.807, 2.05) is 10.8 Å². The summed E-state index contributed by atoms with van der Waals surface area (Å²) in [6.07, 6.45) is 3.75. The summed E-state index contributed by atoms with van der Waals surface area (Å²) in [7, 11) is 0. The molecular formula is C12H14BrN3. The molecule has 1 aromatic heterocycles. The lowest BCUT2D eigenvalue weighted by atomic mass is 10.2. The predicted octanol–water partition coefficient (Wildman–Crippen LogP) is 3.38. The van der Waals surface area contributed by atoms with Crippen LogP contribution in [-0.4, -0.2) is 16.1 Å². The van der Waals surface area contributed by atoms with Crippen LogP contribution in [0, 0.1) is 6.92 Å². The quantitative estimate of drug-likeness (QED) is 0.934. The van der Waals surface area contributed by atoms with Gasteiger partial charge in [0.1, 0.15) is 0 Å². The number of benzene rings is 1. The second kappa shape index (κ2) is 4.70.